The smallest absolute Gasteiger partial charge is 0.343 e. The average Bonchev–Trinajstić information content (AvgIpc) is 3.07. The van der Waals surface area contributed by atoms with Gasteiger partial charge >= 0.3 is 5.97 Å². The summed E-state index contributed by atoms with van der Waals surface area (Å²) in [5.74, 6) is -0.752. The number of nitroso groups, excluding NO2 is 1. The van der Waals surface area contributed by atoms with Crippen molar-refractivity contribution >= 4 is 22.6 Å². The van der Waals surface area contributed by atoms with E-state index in [2.05, 4.69) is 10.2 Å². The van der Waals surface area contributed by atoms with Gasteiger partial charge in [-0.15, -0.1) is 4.91 Å². The number of hydrogen-bond donors (Lipinski definition) is 1. The van der Waals surface area contributed by atoms with Gasteiger partial charge in [-0.2, -0.15) is 0 Å². The molecule has 0 aliphatic carbocycles. The fourth-order valence-electron chi connectivity index (χ4n) is 4.07. The lowest BCUT2D eigenvalue weighted by atomic mass is 9.86. The van der Waals surface area contributed by atoms with E-state index in [-0.39, 0.29) is 41.9 Å². The maximum absolute atomic E-state index is 13.1. The molecule has 2 aliphatic rings. The van der Waals surface area contributed by atoms with E-state index in [0.29, 0.717) is 22.3 Å². The number of ether oxygens (including phenoxy) is 1. The predicted molar refractivity (Wildman–Crippen MR) is 100.0 cm³/mol. The Morgan fingerprint density at radius 1 is 1.32 bits per heavy atom. The molecule has 2 aromatic heterocycles. The normalized spacial score (nSPS) is 19.7. The van der Waals surface area contributed by atoms with Gasteiger partial charge in [-0.25, -0.2) is 9.78 Å². The van der Waals surface area contributed by atoms with Crippen molar-refractivity contribution in [3.8, 4) is 11.4 Å². The van der Waals surface area contributed by atoms with Crippen LogP contribution in [0.1, 0.15) is 30.0 Å². The number of cyclic esters (lactones) is 1. The van der Waals surface area contributed by atoms with Crippen molar-refractivity contribution < 1.29 is 14.6 Å². The molecule has 0 radical (unpaired) electrons. The number of nitrogens with zero attached hydrogens (tertiary/aromatic N) is 3. The number of rotatable bonds is 2. The zero-order chi connectivity index (χ0) is 19.6. The molecule has 8 nitrogen and oxygen atoms in total. The minimum absolute atomic E-state index is 0.0914. The number of carbonyl (C=O) groups excluding carboxylic acids is 1. The van der Waals surface area contributed by atoms with Crippen molar-refractivity contribution in [1.82, 2.24) is 9.55 Å². The number of aromatic nitrogens is 2. The molecule has 0 saturated heterocycles. The van der Waals surface area contributed by atoms with Crippen LogP contribution in [0.15, 0.2) is 40.3 Å². The summed E-state index contributed by atoms with van der Waals surface area (Å²) in [7, 11) is 0. The van der Waals surface area contributed by atoms with Crippen LogP contribution in [0.25, 0.3) is 22.3 Å². The zero-order valence-corrected chi connectivity index (χ0v) is 14.9. The van der Waals surface area contributed by atoms with Gasteiger partial charge in [0, 0.05) is 16.5 Å². The number of benzene rings is 1. The second-order valence-electron chi connectivity index (χ2n) is 7.03. The monoisotopic (exact) mass is 377 g/mol. The Bertz CT molecular complexity index is 1260. The van der Waals surface area contributed by atoms with Gasteiger partial charge < -0.3 is 14.4 Å². The molecule has 0 unspecified atom stereocenters. The van der Waals surface area contributed by atoms with Crippen molar-refractivity contribution in [3.05, 3.63) is 62.3 Å². The molecule has 0 bridgehead atoms. The first-order chi connectivity index (χ1) is 13.5. The van der Waals surface area contributed by atoms with Crippen molar-refractivity contribution in [2.75, 3.05) is 0 Å². The van der Waals surface area contributed by atoms with Gasteiger partial charge in [0.1, 0.15) is 12.3 Å². The third-order valence-electron chi connectivity index (χ3n) is 5.63. The molecule has 140 valence electrons. The molecule has 8 heteroatoms. The molecule has 0 amide bonds. The lowest BCUT2D eigenvalue weighted by Crippen LogP contribution is -2.44. The fourth-order valence-corrected chi connectivity index (χ4v) is 4.07. The molecule has 3 aromatic rings. The minimum Gasteiger partial charge on any atom is -0.458 e. The summed E-state index contributed by atoms with van der Waals surface area (Å²) in [5.41, 5.74) is 1.16. The molecule has 1 atom stereocenters. The second-order valence-corrected chi connectivity index (χ2v) is 7.03. The Labute approximate surface area is 158 Å². The highest BCUT2D eigenvalue weighted by atomic mass is 16.6. The van der Waals surface area contributed by atoms with Gasteiger partial charge in [-0.05, 0) is 35.9 Å². The molecular weight excluding hydrogens is 362 g/mol. The molecule has 0 fully saturated rings. The Balaban J connectivity index is 1.80. The minimum atomic E-state index is -1.85. The molecule has 2 aliphatic heterocycles. The van der Waals surface area contributed by atoms with Crippen molar-refractivity contribution in [2.45, 2.75) is 32.1 Å². The van der Waals surface area contributed by atoms with Gasteiger partial charge in [0.2, 0.25) is 0 Å². The summed E-state index contributed by atoms with van der Waals surface area (Å²) >= 11 is 0. The Kier molecular flexibility index (Phi) is 3.33. The van der Waals surface area contributed by atoms with E-state index >= 15 is 0 Å². The van der Waals surface area contributed by atoms with E-state index in [1.54, 1.807) is 35.8 Å². The quantitative estimate of drug-likeness (QED) is 0.424. The maximum atomic E-state index is 13.1. The first-order valence-corrected chi connectivity index (χ1v) is 8.91. The zero-order valence-electron chi connectivity index (χ0n) is 14.9. The molecule has 1 aromatic carbocycles. The van der Waals surface area contributed by atoms with Crippen molar-refractivity contribution in [2.24, 2.45) is 5.18 Å². The Morgan fingerprint density at radius 3 is 2.89 bits per heavy atom. The van der Waals surface area contributed by atoms with E-state index in [1.807, 2.05) is 6.07 Å². The number of esters is 1. The molecule has 4 heterocycles. The Hall–Kier alpha value is -3.39. The predicted octanol–water partition coefficient (Wildman–Crippen LogP) is 2.48. The van der Waals surface area contributed by atoms with E-state index in [0.717, 1.165) is 5.56 Å². The van der Waals surface area contributed by atoms with Crippen LogP contribution < -0.4 is 5.56 Å². The van der Waals surface area contributed by atoms with Gasteiger partial charge in [-0.1, -0.05) is 13.0 Å². The first kappa shape index (κ1) is 16.8. The van der Waals surface area contributed by atoms with Crippen LogP contribution in [0.5, 0.6) is 0 Å². The van der Waals surface area contributed by atoms with Gasteiger partial charge in [0.15, 0.2) is 5.60 Å². The Morgan fingerprint density at radius 2 is 2.14 bits per heavy atom. The van der Waals surface area contributed by atoms with Gasteiger partial charge in [0.05, 0.1) is 29.0 Å². The van der Waals surface area contributed by atoms with Gasteiger partial charge in [0.25, 0.3) is 5.56 Å². The molecule has 5 rings (SSSR count). The number of fused-ring (bicyclic) bond motifs is 5. The standard InChI is InChI=1S/C20H15N3O5/c1-2-20(26)13-7-16-17-10(6-11-14(21-17)4-3-5-15(11)22-27)8-23(16)18(24)12(13)9-28-19(20)25/h3-7,26H,2,8-9H2,1H3/t20-/m0/s1. The molecule has 0 spiro atoms. The van der Waals surface area contributed by atoms with Gasteiger partial charge in [-0.3, -0.25) is 4.79 Å². The van der Waals surface area contributed by atoms with Crippen LogP contribution >= 0.6 is 0 Å². The number of hydrogen-bond acceptors (Lipinski definition) is 7. The largest absolute Gasteiger partial charge is 0.458 e. The van der Waals surface area contributed by atoms with Crippen LogP contribution in [0.4, 0.5) is 5.69 Å². The van der Waals surface area contributed by atoms with Crippen LogP contribution in [-0.4, -0.2) is 20.6 Å². The number of pyridine rings is 2. The average molecular weight is 377 g/mol. The summed E-state index contributed by atoms with van der Waals surface area (Å²) < 4.78 is 6.61. The topological polar surface area (TPSA) is 111 Å². The van der Waals surface area contributed by atoms with Crippen molar-refractivity contribution in [1.29, 1.82) is 0 Å². The molecule has 1 N–H and O–H groups in total. The molecule has 0 saturated carbocycles. The summed E-state index contributed by atoms with van der Waals surface area (Å²) in [6, 6.07) is 8.55. The van der Waals surface area contributed by atoms with E-state index in [1.165, 1.54) is 0 Å². The highest BCUT2D eigenvalue weighted by Crippen LogP contribution is 2.39. The molecule has 28 heavy (non-hydrogen) atoms. The fraction of sp³-hybridized carbons (Fsp3) is 0.250. The lowest BCUT2D eigenvalue weighted by molar-refractivity contribution is -0.172. The summed E-state index contributed by atoms with van der Waals surface area (Å²) in [6.07, 6.45) is 0.0914. The highest BCUT2D eigenvalue weighted by molar-refractivity contribution is 5.93. The summed E-state index contributed by atoms with van der Waals surface area (Å²) in [5, 5.41) is 14.5. The van der Waals surface area contributed by atoms with E-state index in [4.69, 9.17) is 4.74 Å². The van der Waals surface area contributed by atoms with Crippen LogP contribution in [0.2, 0.25) is 0 Å². The summed E-state index contributed by atoms with van der Waals surface area (Å²) in [6.45, 7) is 1.78. The maximum Gasteiger partial charge on any atom is 0.343 e. The van der Waals surface area contributed by atoms with E-state index in [9.17, 15) is 19.6 Å². The third-order valence-corrected chi connectivity index (χ3v) is 5.63. The summed E-state index contributed by atoms with van der Waals surface area (Å²) in [4.78, 5) is 41.0. The SMILES string of the molecule is CC[C@@]1(O)C(=O)OCc2c1cc1n(c2=O)Cc2cc3c(N=O)cccc3nc2-1. The van der Waals surface area contributed by atoms with Crippen LogP contribution in [0.3, 0.4) is 0 Å². The van der Waals surface area contributed by atoms with Crippen molar-refractivity contribution in [3.63, 3.8) is 0 Å². The number of carbonyl (C=O) groups is 1. The lowest BCUT2D eigenvalue weighted by Gasteiger charge is -2.31. The first-order valence-electron chi connectivity index (χ1n) is 8.91. The molecular formula is C20H15N3O5. The highest BCUT2D eigenvalue weighted by Gasteiger charge is 2.45. The van der Waals surface area contributed by atoms with Crippen LogP contribution in [0, 0.1) is 4.91 Å². The van der Waals surface area contributed by atoms with E-state index < -0.39 is 11.6 Å². The van der Waals surface area contributed by atoms with Crippen LogP contribution in [-0.2, 0) is 28.3 Å². The number of aliphatic hydroxyl groups is 1. The third kappa shape index (κ3) is 2.00. The second kappa shape index (κ2) is 5.56.